The van der Waals surface area contributed by atoms with E-state index in [1.165, 1.54) is 0 Å². The Labute approximate surface area is 116 Å². The Morgan fingerprint density at radius 3 is 2.00 bits per heavy atom. The molecule has 0 atom stereocenters. The summed E-state index contributed by atoms with van der Waals surface area (Å²) in [6.07, 6.45) is 4.60. The van der Waals surface area contributed by atoms with Crippen LogP contribution in [0.1, 0.15) is 38.5 Å². The van der Waals surface area contributed by atoms with Gasteiger partial charge in [-0.25, -0.2) is 0 Å². The molecule has 0 aliphatic heterocycles. The van der Waals surface area contributed by atoms with Crippen LogP contribution in [0.15, 0.2) is 0 Å². The van der Waals surface area contributed by atoms with E-state index in [1.807, 2.05) is 0 Å². The van der Waals surface area contributed by atoms with E-state index in [4.69, 9.17) is 23.2 Å². The van der Waals surface area contributed by atoms with Crippen molar-refractivity contribution in [2.45, 2.75) is 41.8 Å². The van der Waals surface area contributed by atoms with Crippen LogP contribution >= 0.6 is 55.1 Å². The number of rotatable bonds is 8. The summed E-state index contributed by atoms with van der Waals surface area (Å²) in [5.74, 6) is 0. The SMILES string of the molecule is O=C(Cl)CCCCCCC(Br)(Br)C(=O)Cl. The molecule has 2 nitrogen and oxygen atoms in total. The number of halogens is 4. The Hall–Kier alpha value is 0.880. The second-order valence-electron chi connectivity index (χ2n) is 3.25. The average Bonchev–Trinajstić information content (AvgIpc) is 2.10. The van der Waals surface area contributed by atoms with Crippen molar-refractivity contribution in [1.82, 2.24) is 0 Å². The minimum Gasteiger partial charge on any atom is -0.281 e. The second kappa shape index (κ2) is 8.04. The molecule has 0 bridgehead atoms. The Bertz CT molecular complexity index is 232. The second-order valence-corrected chi connectivity index (χ2v) is 7.78. The molecule has 0 rings (SSSR count). The van der Waals surface area contributed by atoms with Gasteiger partial charge >= 0.3 is 0 Å². The molecule has 0 aromatic heterocycles. The molecule has 0 aromatic rings. The molecule has 0 fully saturated rings. The Morgan fingerprint density at radius 2 is 1.53 bits per heavy atom. The highest BCUT2D eigenvalue weighted by Crippen LogP contribution is 2.34. The molecule has 0 aliphatic carbocycles. The fourth-order valence-electron chi connectivity index (χ4n) is 1.06. The van der Waals surface area contributed by atoms with Crippen LogP contribution in [-0.2, 0) is 9.59 Å². The number of unbranched alkanes of at least 4 members (excludes halogenated alkanes) is 3. The minimum absolute atomic E-state index is 0.290. The van der Waals surface area contributed by atoms with Crippen LogP contribution in [0.3, 0.4) is 0 Å². The summed E-state index contributed by atoms with van der Waals surface area (Å²) in [7, 11) is 0. The summed E-state index contributed by atoms with van der Waals surface area (Å²) in [5, 5.41) is -0.736. The predicted octanol–water partition coefficient (Wildman–Crippen LogP) is 4.34. The van der Waals surface area contributed by atoms with Crippen LogP contribution in [0, 0.1) is 0 Å². The van der Waals surface area contributed by atoms with Gasteiger partial charge in [-0.05, 0) is 36.0 Å². The van der Waals surface area contributed by atoms with E-state index < -0.39 is 8.48 Å². The van der Waals surface area contributed by atoms with Gasteiger partial charge in [0.1, 0.15) is 0 Å². The maximum Gasteiger partial charge on any atom is 0.249 e. The minimum atomic E-state index is -0.802. The topological polar surface area (TPSA) is 34.1 Å². The largest absolute Gasteiger partial charge is 0.281 e. The first-order valence-electron chi connectivity index (χ1n) is 4.62. The molecule has 0 unspecified atom stereocenters. The molecule has 0 heterocycles. The van der Waals surface area contributed by atoms with Gasteiger partial charge in [-0.2, -0.15) is 0 Å². The maximum absolute atomic E-state index is 10.9. The summed E-state index contributed by atoms with van der Waals surface area (Å²) in [4.78, 5) is 21.3. The van der Waals surface area contributed by atoms with Gasteiger partial charge in [0, 0.05) is 6.42 Å². The van der Waals surface area contributed by atoms with Crippen molar-refractivity contribution in [2.75, 3.05) is 0 Å². The lowest BCUT2D eigenvalue weighted by Crippen LogP contribution is -2.19. The van der Waals surface area contributed by atoms with Crippen LogP contribution in [-0.4, -0.2) is 13.7 Å². The van der Waals surface area contributed by atoms with E-state index >= 15 is 0 Å². The molecule has 6 heteroatoms. The lowest BCUT2D eigenvalue weighted by Gasteiger charge is -2.14. The number of carbonyl (C=O) groups excluding carboxylic acids is 2. The lowest BCUT2D eigenvalue weighted by atomic mass is 10.1. The molecule has 0 N–H and O–H groups in total. The van der Waals surface area contributed by atoms with Gasteiger partial charge in [0.2, 0.25) is 10.5 Å². The number of hydrogen-bond donors (Lipinski definition) is 0. The van der Waals surface area contributed by atoms with E-state index in [2.05, 4.69) is 31.9 Å². The number of hydrogen-bond acceptors (Lipinski definition) is 2. The van der Waals surface area contributed by atoms with E-state index in [0.717, 1.165) is 25.7 Å². The van der Waals surface area contributed by atoms with E-state index in [1.54, 1.807) is 0 Å². The molecule has 0 spiro atoms. The summed E-state index contributed by atoms with van der Waals surface area (Å²) < 4.78 is -0.802. The third-order valence-electron chi connectivity index (χ3n) is 1.90. The Balaban J connectivity index is 3.46. The van der Waals surface area contributed by atoms with Crippen molar-refractivity contribution in [1.29, 1.82) is 0 Å². The third-order valence-corrected chi connectivity index (χ3v) is 4.38. The molecule has 15 heavy (non-hydrogen) atoms. The van der Waals surface area contributed by atoms with Crippen LogP contribution in [0.4, 0.5) is 0 Å². The zero-order valence-electron chi connectivity index (χ0n) is 8.07. The fourth-order valence-corrected chi connectivity index (χ4v) is 1.85. The van der Waals surface area contributed by atoms with Gasteiger partial charge in [0.15, 0.2) is 3.23 Å². The van der Waals surface area contributed by atoms with Gasteiger partial charge < -0.3 is 0 Å². The van der Waals surface area contributed by atoms with Crippen molar-refractivity contribution >= 4 is 65.5 Å². The van der Waals surface area contributed by atoms with Crippen LogP contribution in [0.5, 0.6) is 0 Å². The molecule has 0 amide bonds. The van der Waals surface area contributed by atoms with Crippen molar-refractivity contribution in [2.24, 2.45) is 0 Å². The highest BCUT2D eigenvalue weighted by Gasteiger charge is 2.29. The van der Waals surface area contributed by atoms with Crippen LogP contribution in [0.2, 0.25) is 0 Å². The van der Waals surface area contributed by atoms with E-state index in [0.29, 0.717) is 12.8 Å². The molecule has 0 aliphatic rings. The van der Waals surface area contributed by atoms with Crippen LogP contribution < -0.4 is 0 Å². The fraction of sp³-hybridized carbons (Fsp3) is 0.778. The van der Waals surface area contributed by atoms with E-state index in [-0.39, 0.29) is 5.24 Å². The van der Waals surface area contributed by atoms with Crippen molar-refractivity contribution in [3.05, 3.63) is 0 Å². The average molecular weight is 383 g/mol. The van der Waals surface area contributed by atoms with Crippen molar-refractivity contribution < 1.29 is 9.59 Å². The lowest BCUT2D eigenvalue weighted by molar-refractivity contribution is -0.112. The van der Waals surface area contributed by atoms with Gasteiger partial charge in [0.05, 0.1) is 0 Å². The van der Waals surface area contributed by atoms with E-state index in [9.17, 15) is 9.59 Å². The van der Waals surface area contributed by atoms with Gasteiger partial charge in [0.25, 0.3) is 0 Å². The van der Waals surface area contributed by atoms with Crippen molar-refractivity contribution in [3.8, 4) is 0 Å². The Kier molecular flexibility index (Phi) is 8.51. The summed E-state index contributed by atoms with van der Waals surface area (Å²) in [6.45, 7) is 0. The first kappa shape index (κ1) is 15.9. The van der Waals surface area contributed by atoms with Gasteiger partial charge in [-0.3, -0.25) is 9.59 Å². The third kappa shape index (κ3) is 8.66. The van der Waals surface area contributed by atoms with Gasteiger partial charge in [-0.1, -0.05) is 51.1 Å². The van der Waals surface area contributed by atoms with Gasteiger partial charge in [-0.15, -0.1) is 0 Å². The zero-order chi connectivity index (χ0) is 11.9. The monoisotopic (exact) mass is 380 g/mol. The highest BCUT2D eigenvalue weighted by atomic mass is 79.9. The molecular weight excluding hydrogens is 371 g/mol. The molecule has 0 saturated carbocycles. The maximum atomic E-state index is 10.9. The summed E-state index contributed by atoms with van der Waals surface area (Å²) in [6, 6.07) is 0. The van der Waals surface area contributed by atoms with Crippen molar-refractivity contribution in [3.63, 3.8) is 0 Å². The smallest absolute Gasteiger partial charge is 0.249 e. The molecule has 0 saturated heterocycles. The normalized spacial score (nSPS) is 11.5. The molecule has 0 radical (unpaired) electrons. The zero-order valence-corrected chi connectivity index (χ0v) is 12.8. The van der Waals surface area contributed by atoms with Crippen LogP contribution in [0.25, 0.3) is 0 Å². The first-order valence-corrected chi connectivity index (χ1v) is 6.96. The molecule has 0 aromatic carbocycles. The summed E-state index contributed by atoms with van der Waals surface area (Å²) in [5.41, 5.74) is 0. The Morgan fingerprint density at radius 1 is 1.00 bits per heavy atom. The molecular formula is C9H12Br2Cl2O2. The highest BCUT2D eigenvalue weighted by molar-refractivity contribution is 9.26. The quantitative estimate of drug-likeness (QED) is 0.355. The first-order chi connectivity index (χ1) is 6.86. The number of carbonyl (C=O) groups is 2. The number of alkyl halides is 2. The molecule has 88 valence electrons. The predicted molar refractivity (Wildman–Crippen MR) is 70.0 cm³/mol. The standard InChI is InChI=1S/C9H12Br2Cl2O2/c10-9(11,8(13)15)6-4-2-1-3-5-7(12)14/h1-6H2. The summed E-state index contributed by atoms with van der Waals surface area (Å²) >= 11 is 16.9.